The van der Waals surface area contributed by atoms with Gasteiger partial charge in [0.15, 0.2) is 0 Å². The fraction of sp³-hybridized carbons (Fsp3) is 0.688. The third kappa shape index (κ3) is 3.35. The number of hydrogen-bond donors (Lipinski definition) is 3. The van der Waals surface area contributed by atoms with Gasteiger partial charge in [0.25, 0.3) is 5.91 Å². The number of nitrogens with zero attached hydrogens (tertiary/aromatic N) is 3. The van der Waals surface area contributed by atoms with Crippen LogP contribution in [0.1, 0.15) is 38.9 Å². The fourth-order valence-corrected chi connectivity index (χ4v) is 3.65. The quantitative estimate of drug-likeness (QED) is 0.612. The Morgan fingerprint density at radius 3 is 2.50 bits per heavy atom. The zero-order valence-electron chi connectivity index (χ0n) is 15.0. The number of aryl methyl sites for hydroxylation is 1. The number of carbonyl (C=O) groups excluding carboxylic acids is 3. The van der Waals surface area contributed by atoms with Crippen molar-refractivity contribution in [2.75, 3.05) is 19.6 Å². The summed E-state index contributed by atoms with van der Waals surface area (Å²) in [6.45, 7) is 5.36. The van der Waals surface area contributed by atoms with Gasteiger partial charge >= 0.3 is 11.7 Å². The minimum atomic E-state index is -0.842. The van der Waals surface area contributed by atoms with E-state index < -0.39 is 11.2 Å². The molecule has 4 amide bonds. The van der Waals surface area contributed by atoms with Gasteiger partial charge in [-0.05, 0) is 18.8 Å². The standard InChI is InChI=1S/C16H24N6O4/c1-10(2)9-22-15(26)18-13(24)16(22)5-7-21(8-6-16)12(23)4-3-11-17-14(25)20-19-11/h10H,3-9H2,1-2H3,(H,18,24,26)(H2,17,19,20,25). The molecule has 3 rings (SSSR count). The van der Waals surface area contributed by atoms with E-state index in [0.717, 1.165) is 0 Å². The van der Waals surface area contributed by atoms with Gasteiger partial charge in [0, 0.05) is 32.5 Å². The van der Waals surface area contributed by atoms with Crippen LogP contribution in [0.25, 0.3) is 0 Å². The summed E-state index contributed by atoms with van der Waals surface area (Å²) in [5, 5.41) is 8.48. The summed E-state index contributed by atoms with van der Waals surface area (Å²) in [5.41, 5.74) is -1.24. The van der Waals surface area contributed by atoms with Crippen molar-refractivity contribution in [2.24, 2.45) is 5.92 Å². The largest absolute Gasteiger partial charge is 0.342 e. The number of H-pyrrole nitrogens is 2. The van der Waals surface area contributed by atoms with Crippen LogP contribution in [0.15, 0.2) is 4.79 Å². The van der Waals surface area contributed by atoms with Gasteiger partial charge in [0.2, 0.25) is 5.91 Å². The Morgan fingerprint density at radius 1 is 1.23 bits per heavy atom. The second kappa shape index (κ2) is 6.93. The van der Waals surface area contributed by atoms with Gasteiger partial charge in [0.1, 0.15) is 11.4 Å². The molecule has 0 aromatic carbocycles. The Morgan fingerprint density at radius 2 is 1.92 bits per heavy atom. The second-order valence-corrected chi connectivity index (χ2v) is 7.30. The number of aromatic amines is 2. The van der Waals surface area contributed by atoms with Gasteiger partial charge in [-0.15, -0.1) is 0 Å². The molecule has 3 N–H and O–H groups in total. The van der Waals surface area contributed by atoms with E-state index in [9.17, 15) is 19.2 Å². The monoisotopic (exact) mass is 364 g/mol. The molecule has 3 heterocycles. The van der Waals surface area contributed by atoms with Crippen molar-refractivity contribution >= 4 is 17.8 Å². The molecule has 10 heteroatoms. The number of rotatable bonds is 5. The molecule has 0 bridgehead atoms. The Balaban J connectivity index is 1.60. The molecular weight excluding hydrogens is 340 g/mol. The summed E-state index contributed by atoms with van der Waals surface area (Å²) in [5.74, 6) is 0.382. The van der Waals surface area contributed by atoms with Crippen molar-refractivity contribution in [1.82, 2.24) is 30.3 Å². The third-order valence-corrected chi connectivity index (χ3v) is 5.02. The molecule has 1 aromatic heterocycles. The lowest BCUT2D eigenvalue weighted by molar-refractivity contribution is -0.138. The molecule has 142 valence electrons. The molecule has 0 aliphatic carbocycles. The molecule has 2 saturated heterocycles. The predicted molar refractivity (Wildman–Crippen MR) is 91.2 cm³/mol. The smallest absolute Gasteiger partial charge is 0.340 e. The molecule has 0 unspecified atom stereocenters. The number of likely N-dealkylation sites (tertiary alicyclic amines) is 1. The summed E-state index contributed by atoms with van der Waals surface area (Å²) in [7, 11) is 0. The van der Waals surface area contributed by atoms with Crippen molar-refractivity contribution in [2.45, 2.75) is 45.1 Å². The lowest BCUT2D eigenvalue weighted by Crippen LogP contribution is -2.58. The average molecular weight is 364 g/mol. The Kier molecular flexibility index (Phi) is 4.84. The molecule has 1 aromatic rings. The van der Waals surface area contributed by atoms with Crippen LogP contribution >= 0.6 is 0 Å². The molecule has 0 radical (unpaired) electrons. The molecule has 0 saturated carbocycles. The third-order valence-electron chi connectivity index (χ3n) is 5.02. The number of piperidine rings is 1. The van der Waals surface area contributed by atoms with E-state index >= 15 is 0 Å². The highest BCUT2D eigenvalue weighted by Crippen LogP contribution is 2.34. The lowest BCUT2D eigenvalue weighted by atomic mass is 9.85. The molecule has 26 heavy (non-hydrogen) atoms. The van der Waals surface area contributed by atoms with Gasteiger partial charge in [-0.25, -0.2) is 14.7 Å². The number of imide groups is 1. The molecule has 0 atom stereocenters. The van der Waals surface area contributed by atoms with Crippen LogP contribution in [0, 0.1) is 5.92 Å². The second-order valence-electron chi connectivity index (χ2n) is 7.30. The number of carbonyl (C=O) groups is 3. The number of aromatic nitrogens is 3. The zero-order chi connectivity index (χ0) is 18.9. The van der Waals surface area contributed by atoms with E-state index in [1.54, 1.807) is 9.80 Å². The summed E-state index contributed by atoms with van der Waals surface area (Å²) in [6.07, 6.45) is 1.44. The van der Waals surface area contributed by atoms with E-state index in [0.29, 0.717) is 44.7 Å². The maximum Gasteiger partial charge on any atom is 0.340 e. The highest BCUT2D eigenvalue weighted by Gasteiger charge is 2.54. The fourth-order valence-electron chi connectivity index (χ4n) is 3.65. The molecule has 1 spiro atoms. The van der Waals surface area contributed by atoms with E-state index in [1.165, 1.54) is 0 Å². The molecule has 2 fully saturated rings. The maximum absolute atomic E-state index is 12.4. The minimum absolute atomic E-state index is 0.0520. The molecule has 10 nitrogen and oxygen atoms in total. The van der Waals surface area contributed by atoms with Crippen LogP contribution in [-0.4, -0.2) is 68.0 Å². The SMILES string of the molecule is CC(C)CN1C(=O)NC(=O)C12CCN(C(=O)CCc1n[nH]c(=O)[nH]1)CC2. The lowest BCUT2D eigenvalue weighted by Gasteiger charge is -2.42. The first kappa shape index (κ1) is 18.2. The Bertz CT molecular complexity index is 759. The maximum atomic E-state index is 12.4. The summed E-state index contributed by atoms with van der Waals surface area (Å²) in [4.78, 5) is 53.8. The van der Waals surface area contributed by atoms with Gasteiger partial charge in [-0.2, -0.15) is 5.10 Å². The van der Waals surface area contributed by atoms with Gasteiger partial charge in [0.05, 0.1) is 0 Å². The Hall–Kier alpha value is -2.65. The van der Waals surface area contributed by atoms with Gasteiger partial charge < -0.3 is 9.80 Å². The highest BCUT2D eigenvalue weighted by molar-refractivity contribution is 6.07. The van der Waals surface area contributed by atoms with Crippen molar-refractivity contribution < 1.29 is 14.4 Å². The van der Waals surface area contributed by atoms with Gasteiger partial charge in [-0.1, -0.05) is 13.8 Å². The van der Waals surface area contributed by atoms with Crippen LogP contribution in [0.5, 0.6) is 0 Å². The van der Waals surface area contributed by atoms with Crippen LogP contribution < -0.4 is 11.0 Å². The number of hydrogen-bond acceptors (Lipinski definition) is 5. The number of amides is 4. The molecule has 2 aliphatic heterocycles. The van der Waals surface area contributed by atoms with Crippen molar-refractivity contribution in [3.05, 3.63) is 16.3 Å². The van der Waals surface area contributed by atoms with Crippen molar-refractivity contribution in [3.8, 4) is 0 Å². The summed E-state index contributed by atoms with van der Waals surface area (Å²) < 4.78 is 0. The van der Waals surface area contributed by atoms with Crippen LogP contribution in [0.4, 0.5) is 4.79 Å². The van der Waals surface area contributed by atoms with E-state index in [-0.39, 0.29) is 30.2 Å². The van der Waals surface area contributed by atoms with Crippen molar-refractivity contribution in [3.63, 3.8) is 0 Å². The first-order valence-electron chi connectivity index (χ1n) is 8.86. The molecule has 2 aliphatic rings. The summed E-state index contributed by atoms with van der Waals surface area (Å²) >= 11 is 0. The topological polar surface area (TPSA) is 131 Å². The zero-order valence-corrected chi connectivity index (χ0v) is 15.0. The first-order valence-corrected chi connectivity index (χ1v) is 8.86. The number of nitrogens with one attached hydrogen (secondary N) is 3. The van der Waals surface area contributed by atoms with Gasteiger partial charge in [-0.3, -0.25) is 19.9 Å². The molecular formula is C16H24N6O4. The highest BCUT2D eigenvalue weighted by atomic mass is 16.2. The normalized spacial score (nSPS) is 19.5. The Labute approximate surface area is 150 Å². The van der Waals surface area contributed by atoms with Crippen LogP contribution in [0.2, 0.25) is 0 Å². The first-order chi connectivity index (χ1) is 12.3. The van der Waals surface area contributed by atoms with Crippen LogP contribution in [0.3, 0.4) is 0 Å². The summed E-state index contributed by atoms with van der Waals surface area (Å²) in [6, 6.07) is -0.342. The average Bonchev–Trinajstić information content (AvgIpc) is 3.10. The van der Waals surface area contributed by atoms with E-state index in [1.807, 2.05) is 13.8 Å². The van der Waals surface area contributed by atoms with E-state index in [4.69, 9.17) is 0 Å². The predicted octanol–water partition coefficient (Wildman–Crippen LogP) is -0.400. The minimum Gasteiger partial charge on any atom is -0.342 e. The van der Waals surface area contributed by atoms with E-state index in [2.05, 4.69) is 20.5 Å². The van der Waals surface area contributed by atoms with Crippen molar-refractivity contribution in [1.29, 1.82) is 0 Å². The number of urea groups is 1. The van der Waals surface area contributed by atoms with Crippen LogP contribution in [-0.2, 0) is 16.0 Å².